The Morgan fingerprint density at radius 3 is 2.56 bits per heavy atom. The summed E-state index contributed by atoms with van der Waals surface area (Å²) in [7, 11) is 0. The Balaban J connectivity index is 1.66. The fraction of sp³-hybridized carbons (Fsp3) is 0.360. The predicted octanol–water partition coefficient (Wildman–Crippen LogP) is 3.24. The molecule has 0 aromatic heterocycles. The van der Waals surface area contributed by atoms with Crippen LogP contribution in [-0.4, -0.2) is 31.7 Å². The van der Waals surface area contributed by atoms with Gasteiger partial charge in [-0.05, 0) is 55.0 Å². The molecule has 7 heteroatoms. The lowest BCUT2D eigenvalue weighted by Gasteiger charge is -2.24. The average Bonchev–Trinajstić information content (AvgIpc) is 3.45. The maximum absolute atomic E-state index is 12.6. The standard InChI is InChI=1S/C25H26N4O3/c1-14-9-19-20(10-15(14)2)29(23-22(26-19)24(30)28-25(31)27-23)13-18(32-21-11-16(21)3)12-17-7-5-4-6-8-17/h4-10,16,18,21H,11-13H2,1-3H3,(H,28,30,31). The highest BCUT2D eigenvalue weighted by Gasteiger charge is 2.36. The lowest BCUT2D eigenvalue weighted by molar-refractivity contribution is 0.0236. The summed E-state index contributed by atoms with van der Waals surface area (Å²) in [5, 5.41) is 0. The van der Waals surface area contributed by atoms with Crippen molar-refractivity contribution in [3.05, 3.63) is 80.0 Å². The van der Waals surface area contributed by atoms with Gasteiger partial charge in [-0.1, -0.05) is 37.3 Å². The molecule has 2 aromatic carbocycles. The van der Waals surface area contributed by atoms with E-state index in [1.165, 1.54) is 5.56 Å². The normalized spacial score (nSPS) is 18.8. The van der Waals surface area contributed by atoms with Crippen molar-refractivity contribution >= 4 is 11.0 Å². The number of hydrogen-bond acceptors (Lipinski definition) is 5. The third-order valence-corrected chi connectivity index (χ3v) is 6.32. The van der Waals surface area contributed by atoms with Crippen molar-refractivity contribution in [2.24, 2.45) is 5.92 Å². The molecule has 0 spiro atoms. The maximum atomic E-state index is 12.6. The van der Waals surface area contributed by atoms with Gasteiger partial charge in [-0.3, -0.25) is 9.78 Å². The summed E-state index contributed by atoms with van der Waals surface area (Å²) in [5.41, 5.74) is 3.88. The summed E-state index contributed by atoms with van der Waals surface area (Å²) in [4.78, 5) is 35.6. The zero-order valence-electron chi connectivity index (χ0n) is 18.5. The Bertz CT molecular complexity index is 1380. The summed E-state index contributed by atoms with van der Waals surface area (Å²) in [6.07, 6.45) is 1.87. The molecule has 3 atom stereocenters. The number of fused-ring (bicyclic) bond motifs is 2. The molecule has 2 aromatic rings. The smallest absolute Gasteiger partial charge is 0.349 e. The van der Waals surface area contributed by atoms with Gasteiger partial charge in [-0.15, -0.1) is 0 Å². The van der Waals surface area contributed by atoms with Crippen molar-refractivity contribution in [3.63, 3.8) is 0 Å². The lowest BCUT2D eigenvalue weighted by Crippen LogP contribution is -2.32. The van der Waals surface area contributed by atoms with Gasteiger partial charge in [0.2, 0.25) is 0 Å². The highest BCUT2D eigenvalue weighted by Crippen LogP contribution is 2.35. The minimum absolute atomic E-state index is 0.135. The molecule has 1 saturated carbocycles. The summed E-state index contributed by atoms with van der Waals surface area (Å²) in [5.74, 6) is 0.836. The fourth-order valence-corrected chi connectivity index (χ4v) is 4.20. The average molecular weight is 431 g/mol. The molecular weight excluding hydrogens is 404 g/mol. The number of ether oxygens (including phenoxy) is 1. The summed E-state index contributed by atoms with van der Waals surface area (Å²) >= 11 is 0. The van der Waals surface area contributed by atoms with Gasteiger partial charge < -0.3 is 9.30 Å². The second-order valence-corrected chi connectivity index (χ2v) is 8.89. The van der Waals surface area contributed by atoms with Crippen molar-refractivity contribution < 1.29 is 4.74 Å². The quantitative estimate of drug-likeness (QED) is 0.474. The first kappa shape index (κ1) is 20.6. The Morgan fingerprint density at radius 2 is 1.84 bits per heavy atom. The van der Waals surface area contributed by atoms with Gasteiger partial charge in [0, 0.05) is 6.42 Å². The monoisotopic (exact) mass is 430 g/mol. The zero-order valence-corrected chi connectivity index (χ0v) is 18.5. The van der Waals surface area contributed by atoms with Crippen LogP contribution in [0.4, 0.5) is 0 Å². The molecule has 2 aliphatic heterocycles. The van der Waals surface area contributed by atoms with Crippen LogP contribution in [0, 0.1) is 19.8 Å². The van der Waals surface area contributed by atoms with Crippen LogP contribution in [0.2, 0.25) is 0 Å². The van der Waals surface area contributed by atoms with Crippen LogP contribution in [0.1, 0.15) is 30.0 Å². The van der Waals surface area contributed by atoms with E-state index in [1.807, 2.05) is 48.7 Å². The van der Waals surface area contributed by atoms with E-state index in [0.717, 1.165) is 29.5 Å². The maximum Gasteiger partial charge on any atom is 0.349 e. The molecule has 2 heterocycles. The van der Waals surface area contributed by atoms with E-state index in [1.54, 1.807) is 0 Å². The summed E-state index contributed by atoms with van der Waals surface area (Å²) in [6.45, 7) is 6.71. The molecular formula is C25H26N4O3. The van der Waals surface area contributed by atoms with E-state index >= 15 is 0 Å². The summed E-state index contributed by atoms with van der Waals surface area (Å²) in [6, 6.07) is 14.2. The number of nitrogens with zero attached hydrogens (tertiary/aromatic N) is 3. The number of aromatic nitrogens is 4. The number of nitrogens with one attached hydrogen (secondary N) is 1. The molecule has 164 valence electrons. The van der Waals surface area contributed by atoms with Crippen molar-refractivity contribution in [1.29, 1.82) is 0 Å². The van der Waals surface area contributed by atoms with Gasteiger partial charge in [0.15, 0.2) is 11.5 Å². The van der Waals surface area contributed by atoms with Crippen LogP contribution in [0.5, 0.6) is 0 Å². The van der Waals surface area contributed by atoms with Gasteiger partial charge in [0.25, 0.3) is 5.56 Å². The molecule has 1 N–H and O–H groups in total. The first-order valence-corrected chi connectivity index (χ1v) is 11.0. The molecule has 3 unspecified atom stereocenters. The molecule has 0 radical (unpaired) electrons. The van der Waals surface area contributed by atoms with Crippen LogP contribution in [0.3, 0.4) is 0 Å². The van der Waals surface area contributed by atoms with Gasteiger partial charge in [-0.25, -0.2) is 9.78 Å². The summed E-state index contributed by atoms with van der Waals surface area (Å²) < 4.78 is 8.39. The second kappa shape index (κ2) is 7.98. The third kappa shape index (κ3) is 3.96. The van der Waals surface area contributed by atoms with Crippen LogP contribution >= 0.6 is 0 Å². The van der Waals surface area contributed by atoms with E-state index in [-0.39, 0.29) is 17.9 Å². The zero-order chi connectivity index (χ0) is 22.4. The number of H-pyrrole nitrogens is 1. The number of hydrogen-bond donors (Lipinski definition) is 1. The predicted molar refractivity (Wildman–Crippen MR) is 123 cm³/mol. The Labute approximate surface area is 185 Å². The Kier molecular flexibility index (Phi) is 5.13. The van der Waals surface area contributed by atoms with E-state index < -0.39 is 11.2 Å². The van der Waals surface area contributed by atoms with Crippen LogP contribution in [0.15, 0.2) is 52.1 Å². The van der Waals surface area contributed by atoms with Gasteiger partial charge >= 0.3 is 5.69 Å². The van der Waals surface area contributed by atoms with Crippen molar-refractivity contribution in [2.75, 3.05) is 0 Å². The molecule has 1 fully saturated rings. The molecule has 0 saturated heterocycles. The minimum Gasteiger partial charge on any atom is -0.372 e. The molecule has 1 aliphatic carbocycles. The van der Waals surface area contributed by atoms with Crippen LogP contribution < -0.4 is 11.2 Å². The number of rotatable bonds is 6. The first-order chi connectivity index (χ1) is 15.4. The fourth-order valence-electron chi connectivity index (χ4n) is 4.20. The van der Waals surface area contributed by atoms with Crippen LogP contribution in [0.25, 0.3) is 22.6 Å². The van der Waals surface area contributed by atoms with Crippen LogP contribution in [-0.2, 0) is 17.7 Å². The van der Waals surface area contributed by atoms with Gasteiger partial charge in [-0.2, -0.15) is 4.98 Å². The second-order valence-electron chi connectivity index (χ2n) is 8.89. The van der Waals surface area contributed by atoms with E-state index in [9.17, 15) is 9.59 Å². The number of benzene rings is 2. The minimum atomic E-state index is -0.669. The molecule has 7 nitrogen and oxygen atoms in total. The van der Waals surface area contributed by atoms with Gasteiger partial charge in [0.1, 0.15) is 0 Å². The van der Waals surface area contributed by atoms with Crippen molar-refractivity contribution in [3.8, 4) is 11.5 Å². The molecule has 5 rings (SSSR count). The topological polar surface area (TPSA) is 89.9 Å². The van der Waals surface area contributed by atoms with E-state index in [2.05, 4.69) is 34.0 Å². The first-order valence-electron chi connectivity index (χ1n) is 11.0. The van der Waals surface area contributed by atoms with E-state index in [0.29, 0.717) is 23.8 Å². The third-order valence-electron chi connectivity index (χ3n) is 6.32. The van der Waals surface area contributed by atoms with Crippen molar-refractivity contribution in [2.45, 2.75) is 52.4 Å². The van der Waals surface area contributed by atoms with Gasteiger partial charge in [0.05, 0.1) is 29.8 Å². The molecule has 0 amide bonds. The number of aryl methyl sites for hydroxylation is 2. The lowest BCUT2D eigenvalue weighted by atomic mass is 10.1. The SMILES string of the molecule is Cc1cc2nc3c(=O)[nH]c(=O)nc-3n(CC(Cc3ccccc3)OC3CC3C)c2cc1C. The Morgan fingerprint density at radius 1 is 1.12 bits per heavy atom. The molecule has 32 heavy (non-hydrogen) atoms. The molecule has 3 aliphatic rings. The Hall–Kier alpha value is -3.32. The van der Waals surface area contributed by atoms with E-state index in [4.69, 9.17) is 4.74 Å². The highest BCUT2D eigenvalue weighted by atomic mass is 16.5. The van der Waals surface area contributed by atoms with Crippen molar-refractivity contribution in [1.82, 2.24) is 19.5 Å². The molecule has 0 bridgehead atoms. The highest BCUT2D eigenvalue weighted by molar-refractivity contribution is 5.81. The number of aromatic amines is 1. The largest absolute Gasteiger partial charge is 0.372 e.